The van der Waals surface area contributed by atoms with Crippen molar-refractivity contribution in [3.8, 4) is 11.3 Å². The molecule has 2 aromatic rings. The molecule has 150 valence electrons. The van der Waals surface area contributed by atoms with Crippen molar-refractivity contribution in [2.24, 2.45) is 17.1 Å². The van der Waals surface area contributed by atoms with Crippen molar-refractivity contribution in [3.05, 3.63) is 59.3 Å². The Hall–Kier alpha value is -2.67. The maximum atomic E-state index is 14.3. The summed E-state index contributed by atoms with van der Waals surface area (Å²) in [6.07, 6.45) is 0.673. The van der Waals surface area contributed by atoms with E-state index >= 15 is 0 Å². The Balaban J connectivity index is 1.68. The number of hydrogen-bond acceptors (Lipinski definition) is 4. The van der Waals surface area contributed by atoms with E-state index in [0.717, 1.165) is 17.6 Å². The molecule has 1 aromatic heterocycles. The van der Waals surface area contributed by atoms with Crippen molar-refractivity contribution in [2.75, 3.05) is 0 Å². The van der Waals surface area contributed by atoms with Crippen molar-refractivity contribution in [3.63, 3.8) is 0 Å². The second-order valence-corrected chi connectivity index (χ2v) is 8.64. The maximum absolute atomic E-state index is 14.3. The van der Waals surface area contributed by atoms with Gasteiger partial charge in [0.05, 0.1) is 11.3 Å². The van der Waals surface area contributed by atoms with Crippen molar-refractivity contribution in [1.82, 2.24) is 10.2 Å². The van der Waals surface area contributed by atoms with Crippen LogP contribution in [0.25, 0.3) is 11.3 Å². The highest BCUT2D eigenvalue weighted by Crippen LogP contribution is 2.75. The molecular formula is C22H21F2N3O2. The molecule has 2 N–H and O–H groups in total. The molecule has 2 unspecified atom stereocenters. The van der Waals surface area contributed by atoms with Crippen molar-refractivity contribution in [1.29, 1.82) is 0 Å². The van der Waals surface area contributed by atoms with Crippen LogP contribution in [-0.2, 0) is 15.1 Å². The number of amides is 1. The molecule has 5 nitrogen and oxygen atoms in total. The average molecular weight is 397 g/mol. The zero-order valence-electron chi connectivity index (χ0n) is 16.2. The summed E-state index contributed by atoms with van der Waals surface area (Å²) in [5, 5.41) is 8.52. The van der Waals surface area contributed by atoms with Crippen LogP contribution < -0.4 is 5.73 Å². The average Bonchev–Trinajstić information content (AvgIpc) is 2.75. The Bertz CT molecular complexity index is 1070. The van der Waals surface area contributed by atoms with Crippen molar-refractivity contribution >= 4 is 5.91 Å². The first kappa shape index (κ1) is 18.4. The highest BCUT2D eigenvalue weighted by molar-refractivity contribution is 5.78. The minimum absolute atomic E-state index is 0.133. The Kier molecular flexibility index (Phi) is 3.60. The number of nitrogens with zero attached hydrogens (tertiary/aromatic N) is 2. The van der Waals surface area contributed by atoms with E-state index in [9.17, 15) is 13.6 Å². The fraction of sp³-hybridized carbons (Fsp3) is 0.409. The van der Waals surface area contributed by atoms with E-state index in [2.05, 4.69) is 23.7 Å². The van der Waals surface area contributed by atoms with Gasteiger partial charge in [0.2, 0.25) is 5.91 Å². The van der Waals surface area contributed by atoms with Gasteiger partial charge in [-0.05, 0) is 66.4 Å². The van der Waals surface area contributed by atoms with Crippen LogP contribution >= 0.6 is 0 Å². The summed E-state index contributed by atoms with van der Waals surface area (Å²) in [4.78, 5) is 11.7. The number of nitrogens with two attached hydrogens (primary N) is 1. The minimum Gasteiger partial charge on any atom is -0.367 e. The molecule has 5 atom stereocenters. The summed E-state index contributed by atoms with van der Waals surface area (Å²) < 4.78 is 34.8. The molecule has 0 spiro atoms. The van der Waals surface area contributed by atoms with Crippen LogP contribution in [0, 0.1) is 23.0 Å². The monoisotopic (exact) mass is 397 g/mol. The lowest BCUT2D eigenvalue weighted by molar-refractivity contribution is -0.140. The first-order valence-corrected chi connectivity index (χ1v) is 9.68. The Morgan fingerprint density at radius 3 is 2.66 bits per heavy atom. The molecule has 3 aliphatic carbocycles. The van der Waals surface area contributed by atoms with Gasteiger partial charge in [0.1, 0.15) is 29.0 Å². The van der Waals surface area contributed by atoms with Gasteiger partial charge in [0, 0.05) is 0 Å². The fourth-order valence-electron chi connectivity index (χ4n) is 5.61. The smallest absolute Gasteiger partial charge is 0.246 e. The summed E-state index contributed by atoms with van der Waals surface area (Å²) >= 11 is 0. The molecule has 5 rings (SSSR count). The predicted octanol–water partition coefficient (Wildman–Crippen LogP) is 3.59. The van der Waals surface area contributed by atoms with E-state index in [0.29, 0.717) is 12.1 Å². The normalized spacial score (nSPS) is 32.5. The third kappa shape index (κ3) is 2.19. The van der Waals surface area contributed by atoms with Crippen LogP contribution in [0.5, 0.6) is 0 Å². The molecule has 0 radical (unpaired) electrons. The topological polar surface area (TPSA) is 78.1 Å². The number of benzene rings is 1. The SMILES string of the molecule is C=C1C2(C)C[C@@H]3c4cc(-c5c(F)cccc5F)nnc4[C@@]1(O[C@H](C)C(N)=O)CC32. The van der Waals surface area contributed by atoms with Gasteiger partial charge >= 0.3 is 0 Å². The van der Waals surface area contributed by atoms with E-state index in [1.165, 1.54) is 18.2 Å². The number of aromatic nitrogens is 2. The minimum atomic E-state index is -0.963. The number of hydrogen-bond donors (Lipinski definition) is 1. The van der Waals surface area contributed by atoms with Gasteiger partial charge in [-0.15, -0.1) is 5.10 Å². The highest BCUT2D eigenvalue weighted by atomic mass is 19.1. The molecule has 0 saturated heterocycles. The molecule has 7 heteroatoms. The van der Waals surface area contributed by atoms with Crippen LogP contribution in [-0.4, -0.2) is 22.2 Å². The molecular weight excluding hydrogens is 376 g/mol. The van der Waals surface area contributed by atoms with Gasteiger partial charge in [0.25, 0.3) is 0 Å². The number of carbonyl (C=O) groups is 1. The summed E-state index contributed by atoms with van der Waals surface area (Å²) in [5.41, 5.74) is 6.62. The molecule has 2 bridgehead atoms. The van der Waals surface area contributed by atoms with Gasteiger partial charge in [-0.1, -0.05) is 19.6 Å². The Morgan fingerprint density at radius 1 is 1.31 bits per heavy atom. The van der Waals surface area contributed by atoms with E-state index in [-0.39, 0.29) is 28.5 Å². The number of ether oxygens (including phenoxy) is 1. The summed E-state index contributed by atoms with van der Waals surface area (Å²) in [5.74, 6) is -1.48. The van der Waals surface area contributed by atoms with Gasteiger partial charge < -0.3 is 10.5 Å². The zero-order valence-corrected chi connectivity index (χ0v) is 16.2. The molecule has 2 fully saturated rings. The summed E-state index contributed by atoms with van der Waals surface area (Å²) in [6.45, 7) is 8.07. The van der Waals surface area contributed by atoms with E-state index in [4.69, 9.17) is 10.5 Å². The van der Waals surface area contributed by atoms with E-state index in [1.54, 1.807) is 13.0 Å². The fourth-order valence-corrected chi connectivity index (χ4v) is 5.61. The predicted molar refractivity (Wildman–Crippen MR) is 102 cm³/mol. The molecule has 1 amide bonds. The molecule has 29 heavy (non-hydrogen) atoms. The first-order chi connectivity index (χ1) is 13.7. The maximum Gasteiger partial charge on any atom is 0.246 e. The summed E-state index contributed by atoms with van der Waals surface area (Å²) in [7, 11) is 0. The van der Waals surface area contributed by atoms with Crippen LogP contribution in [0.15, 0.2) is 36.4 Å². The quantitative estimate of drug-likeness (QED) is 0.800. The van der Waals surface area contributed by atoms with Crippen LogP contribution in [0.1, 0.15) is 43.9 Å². The zero-order chi connectivity index (χ0) is 20.7. The number of fused-ring (bicyclic) bond motifs is 4. The van der Waals surface area contributed by atoms with Crippen molar-refractivity contribution < 1.29 is 18.3 Å². The second kappa shape index (κ2) is 5.69. The highest BCUT2D eigenvalue weighted by Gasteiger charge is 2.70. The number of rotatable bonds is 4. The second-order valence-electron chi connectivity index (χ2n) is 8.64. The molecule has 1 heterocycles. The molecule has 1 aromatic carbocycles. The van der Waals surface area contributed by atoms with Gasteiger partial charge in [-0.2, -0.15) is 5.10 Å². The Morgan fingerprint density at radius 2 is 2.00 bits per heavy atom. The van der Waals surface area contributed by atoms with Gasteiger partial charge in [0.15, 0.2) is 0 Å². The summed E-state index contributed by atoms with van der Waals surface area (Å²) in [6, 6.07) is 5.43. The largest absolute Gasteiger partial charge is 0.367 e. The standard InChI is InChI=1S/C22H21F2N3O2/c1-10(20(25)28)29-22-9-14-13(8-21(14,3)11(22)2)12-7-17(26-27-19(12)22)18-15(23)5-4-6-16(18)24/h4-7,10,13-14H,2,8-9H2,1,3H3,(H2,25,28)/t10-,13-,14?,21?,22-/m1/s1. The lowest BCUT2D eigenvalue weighted by Crippen LogP contribution is -2.43. The molecule has 0 aliphatic heterocycles. The first-order valence-electron chi connectivity index (χ1n) is 9.68. The van der Waals surface area contributed by atoms with Crippen LogP contribution in [0.3, 0.4) is 0 Å². The lowest BCUT2D eigenvalue weighted by atomic mass is 9.53. The molecule has 2 saturated carbocycles. The van der Waals surface area contributed by atoms with Gasteiger partial charge in [-0.25, -0.2) is 8.78 Å². The third-order valence-electron chi connectivity index (χ3n) is 7.24. The third-order valence-corrected chi connectivity index (χ3v) is 7.24. The number of primary amides is 1. The Labute approximate surface area is 167 Å². The number of halogens is 2. The van der Waals surface area contributed by atoms with Gasteiger partial charge in [-0.3, -0.25) is 4.79 Å². The lowest BCUT2D eigenvalue weighted by Gasteiger charge is -2.50. The molecule has 3 aliphatic rings. The van der Waals surface area contributed by atoms with Crippen LogP contribution in [0.2, 0.25) is 0 Å². The van der Waals surface area contributed by atoms with E-state index in [1.807, 2.05) is 0 Å². The van der Waals surface area contributed by atoms with Crippen LogP contribution in [0.4, 0.5) is 8.78 Å². The van der Waals surface area contributed by atoms with Crippen molar-refractivity contribution in [2.45, 2.75) is 44.3 Å². The van der Waals surface area contributed by atoms with E-state index < -0.39 is 29.2 Å². The number of carbonyl (C=O) groups excluding carboxylic acids is 1.